The highest BCUT2D eigenvalue weighted by atomic mass is 16.5. The van der Waals surface area contributed by atoms with E-state index in [1.165, 1.54) is 31.2 Å². The number of aromatic hydroxyl groups is 1. The topological polar surface area (TPSA) is 104 Å². The third-order valence-corrected chi connectivity index (χ3v) is 3.87. The van der Waals surface area contributed by atoms with Gasteiger partial charge in [-0.15, -0.1) is 0 Å². The number of aliphatic hydroxyl groups is 2. The largest absolute Gasteiger partial charge is 0.507 e. The number of benzene rings is 1. The highest BCUT2D eigenvalue weighted by molar-refractivity contribution is 6.19. The van der Waals surface area contributed by atoms with Gasteiger partial charge < -0.3 is 20.1 Å². The van der Waals surface area contributed by atoms with E-state index in [1.54, 1.807) is 0 Å². The minimum Gasteiger partial charge on any atom is -0.507 e. The number of hydrogen-bond donors (Lipinski definition) is 3. The van der Waals surface area contributed by atoms with Crippen LogP contribution in [0.1, 0.15) is 27.6 Å². The fourth-order valence-corrected chi connectivity index (χ4v) is 2.64. The Kier molecular flexibility index (Phi) is 2.89. The van der Waals surface area contributed by atoms with Crippen molar-refractivity contribution in [2.24, 2.45) is 5.92 Å². The maximum absolute atomic E-state index is 12.4. The second-order valence-electron chi connectivity index (χ2n) is 5.46. The summed E-state index contributed by atoms with van der Waals surface area (Å²) in [5.41, 5.74) is -1.57. The van der Waals surface area contributed by atoms with Gasteiger partial charge in [-0.1, -0.05) is 12.1 Å². The quantitative estimate of drug-likeness (QED) is 0.729. The first kappa shape index (κ1) is 13.8. The molecule has 1 heterocycles. The van der Waals surface area contributed by atoms with E-state index >= 15 is 0 Å². The number of phenols is 1. The van der Waals surface area contributed by atoms with Gasteiger partial charge in [0.2, 0.25) is 5.78 Å². The molecule has 3 unspecified atom stereocenters. The third kappa shape index (κ3) is 1.87. The predicted octanol–water partition coefficient (Wildman–Crippen LogP) is 0.413. The lowest BCUT2D eigenvalue weighted by Gasteiger charge is -2.26. The maximum atomic E-state index is 12.4. The highest BCUT2D eigenvalue weighted by Gasteiger charge is 2.49. The summed E-state index contributed by atoms with van der Waals surface area (Å²) in [6.07, 6.45) is 0.288. The molecule has 3 atom stereocenters. The van der Waals surface area contributed by atoms with Crippen molar-refractivity contribution >= 4 is 11.6 Å². The van der Waals surface area contributed by atoms with Crippen molar-refractivity contribution in [2.75, 3.05) is 6.61 Å². The lowest BCUT2D eigenvalue weighted by atomic mass is 9.80. The smallest absolute Gasteiger partial charge is 0.205 e. The second-order valence-corrected chi connectivity index (χ2v) is 5.46. The van der Waals surface area contributed by atoms with Crippen molar-refractivity contribution in [1.82, 2.24) is 0 Å². The summed E-state index contributed by atoms with van der Waals surface area (Å²) in [6, 6.07) is 4.28. The molecule has 110 valence electrons. The fourth-order valence-electron chi connectivity index (χ4n) is 2.64. The highest BCUT2D eigenvalue weighted by Crippen LogP contribution is 2.40. The van der Waals surface area contributed by atoms with Gasteiger partial charge >= 0.3 is 0 Å². The molecule has 3 N–H and O–H groups in total. The Bertz CT molecular complexity index is 673. The van der Waals surface area contributed by atoms with Gasteiger partial charge in [0.25, 0.3) is 0 Å². The number of ether oxygens (including phenoxy) is 1. The number of aliphatic hydroxyl groups excluding tert-OH is 1. The molecule has 0 amide bonds. The van der Waals surface area contributed by atoms with Crippen molar-refractivity contribution in [3.63, 3.8) is 0 Å². The van der Waals surface area contributed by atoms with Gasteiger partial charge in [0, 0.05) is 5.56 Å². The van der Waals surface area contributed by atoms with Crippen LogP contribution in [0.15, 0.2) is 30.0 Å². The van der Waals surface area contributed by atoms with Crippen molar-refractivity contribution < 1.29 is 29.6 Å². The number of rotatable bonds is 2. The van der Waals surface area contributed by atoms with Gasteiger partial charge in [-0.3, -0.25) is 9.59 Å². The van der Waals surface area contributed by atoms with Crippen LogP contribution in [0, 0.1) is 5.92 Å². The van der Waals surface area contributed by atoms with Gasteiger partial charge in [-0.2, -0.15) is 0 Å². The van der Waals surface area contributed by atoms with Crippen LogP contribution in [0.25, 0.3) is 0 Å². The van der Waals surface area contributed by atoms with E-state index in [4.69, 9.17) is 9.84 Å². The molecule has 0 radical (unpaired) electrons. The number of carbonyl (C=O) groups is 2. The average molecular weight is 290 g/mol. The summed E-state index contributed by atoms with van der Waals surface area (Å²) in [4.78, 5) is 24.8. The zero-order chi connectivity index (χ0) is 15.4. The zero-order valence-corrected chi connectivity index (χ0v) is 11.2. The number of phenolic OH excluding ortho intramolecular Hbond substituents is 1. The molecular formula is C15H14O6. The number of ketones is 2. The van der Waals surface area contributed by atoms with Crippen molar-refractivity contribution in [3.8, 4) is 5.75 Å². The monoisotopic (exact) mass is 290 g/mol. The van der Waals surface area contributed by atoms with Gasteiger partial charge in [-0.25, -0.2) is 0 Å². The summed E-state index contributed by atoms with van der Waals surface area (Å²) in [6.45, 7) is 0.731. The van der Waals surface area contributed by atoms with Gasteiger partial charge in [-0.05, 0) is 19.1 Å². The summed E-state index contributed by atoms with van der Waals surface area (Å²) in [5, 5.41) is 29.0. The van der Waals surface area contributed by atoms with Crippen LogP contribution >= 0.6 is 0 Å². The van der Waals surface area contributed by atoms with Gasteiger partial charge in [0.1, 0.15) is 17.1 Å². The molecule has 1 aliphatic heterocycles. The standard InChI is InChI=1S/C15H14O6/c1-15(20,6-16)10-5-8-12(18)11-7(3-2-4-9(11)17)13(19)14(8)21-10/h2-5,8,14,16-17,20H,6H2,1H3. The first-order valence-corrected chi connectivity index (χ1v) is 6.49. The Labute approximate surface area is 120 Å². The molecule has 0 saturated carbocycles. The molecule has 3 rings (SSSR count). The van der Waals surface area contributed by atoms with E-state index in [2.05, 4.69) is 0 Å². The van der Waals surface area contributed by atoms with Crippen molar-refractivity contribution in [3.05, 3.63) is 41.2 Å². The maximum Gasteiger partial charge on any atom is 0.205 e. The van der Waals surface area contributed by atoms with E-state index in [9.17, 15) is 19.8 Å². The van der Waals surface area contributed by atoms with E-state index in [0.29, 0.717) is 0 Å². The van der Waals surface area contributed by atoms with Crippen LogP contribution in [0.5, 0.6) is 5.75 Å². The number of fused-ring (bicyclic) bond motifs is 2. The van der Waals surface area contributed by atoms with Crippen LogP contribution in [0.2, 0.25) is 0 Å². The van der Waals surface area contributed by atoms with E-state index in [-0.39, 0.29) is 22.6 Å². The Hall–Kier alpha value is -2.18. The first-order valence-electron chi connectivity index (χ1n) is 6.49. The summed E-state index contributed by atoms with van der Waals surface area (Å²) in [7, 11) is 0. The Morgan fingerprint density at radius 3 is 2.67 bits per heavy atom. The first-order chi connectivity index (χ1) is 9.86. The second kappa shape index (κ2) is 4.41. The average Bonchev–Trinajstić information content (AvgIpc) is 2.91. The molecular weight excluding hydrogens is 276 g/mol. The lowest BCUT2D eigenvalue weighted by molar-refractivity contribution is -0.0243. The lowest BCUT2D eigenvalue weighted by Crippen LogP contribution is -2.39. The molecule has 6 heteroatoms. The van der Waals surface area contributed by atoms with E-state index in [0.717, 1.165) is 0 Å². The summed E-state index contributed by atoms with van der Waals surface area (Å²) < 4.78 is 5.40. The molecule has 0 spiro atoms. The molecule has 2 aliphatic rings. The Balaban J connectivity index is 2.08. The number of carbonyl (C=O) groups excluding carboxylic acids is 2. The summed E-state index contributed by atoms with van der Waals surface area (Å²) >= 11 is 0. The molecule has 1 aromatic carbocycles. The van der Waals surface area contributed by atoms with E-state index < -0.39 is 35.8 Å². The number of hydrogen-bond acceptors (Lipinski definition) is 6. The number of Topliss-reactive ketones (excluding diaryl/α,β-unsaturated/α-hetero) is 2. The minimum atomic E-state index is -1.66. The fraction of sp³-hybridized carbons (Fsp3) is 0.333. The summed E-state index contributed by atoms with van der Waals surface area (Å²) in [5.74, 6) is -2.01. The molecule has 6 nitrogen and oxygen atoms in total. The molecule has 21 heavy (non-hydrogen) atoms. The minimum absolute atomic E-state index is 0.00556. The van der Waals surface area contributed by atoms with Crippen LogP contribution < -0.4 is 0 Å². The predicted molar refractivity (Wildman–Crippen MR) is 70.9 cm³/mol. The normalized spacial score (nSPS) is 26.5. The molecule has 1 aliphatic carbocycles. The van der Waals surface area contributed by atoms with E-state index in [1.807, 2.05) is 0 Å². The van der Waals surface area contributed by atoms with Crippen molar-refractivity contribution in [1.29, 1.82) is 0 Å². The Morgan fingerprint density at radius 1 is 1.29 bits per heavy atom. The SMILES string of the molecule is CC(O)(CO)C1=CC2C(=O)c3c(O)cccc3C(=O)C2O1. The zero-order valence-electron chi connectivity index (χ0n) is 11.2. The molecule has 0 saturated heterocycles. The van der Waals surface area contributed by atoms with Gasteiger partial charge in [0.05, 0.1) is 18.1 Å². The third-order valence-electron chi connectivity index (χ3n) is 3.87. The molecule has 0 bridgehead atoms. The molecule has 0 aromatic heterocycles. The van der Waals surface area contributed by atoms with Crippen LogP contribution in [-0.4, -0.2) is 45.2 Å². The van der Waals surface area contributed by atoms with Crippen molar-refractivity contribution in [2.45, 2.75) is 18.6 Å². The molecule has 0 fully saturated rings. The van der Waals surface area contributed by atoms with Crippen LogP contribution in [-0.2, 0) is 4.74 Å². The molecule has 1 aromatic rings. The van der Waals surface area contributed by atoms with Crippen LogP contribution in [0.3, 0.4) is 0 Å². The van der Waals surface area contributed by atoms with Crippen LogP contribution in [0.4, 0.5) is 0 Å². The Morgan fingerprint density at radius 2 is 2.00 bits per heavy atom. The van der Waals surface area contributed by atoms with Gasteiger partial charge in [0.15, 0.2) is 11.9 Å².